The van der Waals surface area contributed by atoms with Crippen molar-refractivity contribution in [1.29, 1.82) is 0 Å². The maximum Gasteiger partial charge on any atom is 0.0828 e. The van der Waals surface area contributed by atoms with Gasteiger partial charge in [-0.1, -0.05) is 45.9 Å². The SMILES string of the molecule is C=C(O)C([Si](C)(C)C)[Si](C)(C)C. The van der Waals surface area contributed by atoms with Crippen LogP contribution < -0.4 is 0 Å². The molecule has 0 fully saturated rings. The Kier molecular flexibility index (Phi) is 3.37. The van der Waals surface area contributed by atoms with Gasteiger partial charge in [-0.3, -0.25) is 0 Å². The smallest absolute Gasteiger partial charge is 0.0828 e. The third-order valence-corrected chi connectivity index (χ3v) is 11.4. The molecule has 0 atom stereocenters. The van der Waals surface area contributed by atoms with Gasteiger partial charge in [0.15, 0.2) is 0 Å². The molecule has 72 valence electrons. The summed E-state index contributed by atoms with van der Waals surface area (Å²) in [5, 5.41) is 9.98. The van der Waals surface area contributed by atoms with Crippen molar-refractivity contribution >= 4 is 16.1 Å². The number of allylic oxidation sites excluding steroid dienone is 1. The second-order valence-electron chi connectivity index (χ2n) is 5.66. The topological polar surface area (TPSA) is 20.2 Å². The Balaban J connectivity index is 4.82. The zero-order valence-electron chi connectivity index (χ0n) is 9.23. The molecule has 0 heterocycles. The van der Waals surface area contributed by atoms with Gasteiger partial charge >= 0.3 is 0 Å². The Labute approximate surface area is 78.5 Å². The lowest BCUT2D eigenvalue weighted by molar-refractivity contribution is 0.406. The highest BCUT2D eigenvalue weighted by Crippen LogP contribution is 2.36. The van der Waals surface area contributed by atoms with E-state index in [1.807, 2.05) is 0 Å². The molecule has 0 radical (unpaired) electrons. The molecule has 0 amide bonds. The summed E-state index contributed by atoms with van der Waals surface area (Å²) >= 11 is 0. The minimum Gasteiger partial charge on any atom is -0.513 e. The number of hydrogen-bond donors (Lipinski definition) is 1. The fraction of sp³-hybridized carbons (Fsp3) is 0.778. The molecule has 3 heteroatoms. The molecule has 1 nitrogen and oxygen atoms in total. The Morgan fingerprint density at radius 1 is 1.00 bits per heavy atom. The quantitative estimate of drug-likeness (QED) is 0.547. The van der Waals surface area contributed by atoms with Gasteiger partial charge in [0.05, 0.1) is 21.9 Å². The monoisotopic (exact) mass is 202 g/mol. The number of hydrogen-bond acceptors (Lipinski definition) is 1. The van der Waals surface area contributed by atoms with Crippen molar-refractivity contribution in [3.05, 3.63) is 12.3 Å². The molecule has 0 aliphatic rings. The first kappa shape index (κ1) is 12.0. The van der Waals surface area contributed by atoms with E-state index in [0.717, 1.165) is 0 Å². The average molecular weight is 202 g/mol. The van der Waals surface area contributed by atoms with Gasteiger partial charge in [-0.25, -0.2) is 0 Å². The number of aliphatic hydroxyl groups is 1. The molecule has 1 N–H and O–H groups in total. The van der Waals surface area contributed by atoms with E-state index in [9.17, 15) is 5.11 Å². The predicted octanol–water partition coefficient (Wildman–Crippen LogP) is 3.64. The van der Waals surface area contributed by atoms with Crippen molar-refractivity contribution in [3.63, 3.8) is 0 Å². The summed E-state index contributed by atoms with van der Waals surface area (Å²) < 4.78 is 0. The van der Waals surface area contributed by atoms with Crippen LogP contribution >= 0.6 is 0 Å². The van der Waals surface area contributed by atoms with E-state index < -0.39 is 16.1 Å². The van der Waals surface area contributed by atoms with E-state index in [1.165, 1.54) is 0 Å². The fourth-order valence-corrected chi connectivity index (χ4v) is 14.7. The van der Waals surface area contributed by atoms with E-state index >= 15 is 0 Å². The van der Waals surface area contributed by atoms with Crippen LogP contribution in [0.5, 0.6) is 0 Å². The van der Waals surface area contributed by atoms with Gasteiger partial charge in [0.25, 0.3) is 0 Å². The van der Waals surface area contributed by atoms with E-state index in [4.69, 9.17) is 0 Å². The molecule has 0 aromatic carbocycles. The highest BCUT2D eigenvalue weighted by molar-refractivity contribution is 6.97. The lowest BCUT2D eigenvalue weighted by atomic mass is 10.6. The molecule has 0 unspecified atom stereocenters. The maximum absolute atomic E-state index is 9.56. The van der Waals surface area contributed by atoms with Gasteiger partial charge in [-0.05, 0) is 0 Å². The van der Waals surface area contributed by atoms with Gasteiger partial charge in [-0.15, -0.1) is 0 Å². The lowest BCUT2D eigenvalue weighted by Gasteiger charge is -2.37. The molecule has 0 rings (SSSR count). The highest BCUT2D eigenvalue weighted by atomic mass is 28.4. The van der Waals surface area contributed by atoms with Crippen molar-refractivity contribution in [1.82, 2.24) is 0 Å². The Bertz CT molecular complexity index is 160. The summed E-state index contributed by atoms with van der Waals surface area (Å²) in [7, 11) is -2.55. The van der Waals surface area contributed by atoms with Crippen LogP contribution in [0, 0.1) is 0 Å². The summed E-state index contributed by atoms with van der Waals surface area (Å²) in [6.45, 7) is 17.5. The highest BCUT2D eigenvalue weighted by Gasteiger charge is 2.39. The van der Waals surface area contributed by atoms with Crippen molar-refractivity contribution < 1.29 is 5.11 Å². The maximum atomic E-state index is 9.56. The van der Waals surface area contributed by atoms with Crippen LogP contribution in [-0.2, 0) is 0 Å². The van der Waals surface area contributed by atoms with Gasteiger partial charge in [0.2, 0.25) is 0 Å². The molecular weight excluding hydrogens is 180 g/mol. The zero-order chi connectivity index (χ0) is 10.2. The largest absolute Gasteiger partial charge is 0.513 e. The normalized spacial score (nSPS) is 13.6. The Morgan fingerprint density at radius 2 is 1.25 bits per heavy atom. The standard InChI is InChI=1S/C9H22OSi2/c1-8(10)9(11(2,3)4)12(5,6)7/h9-10H,1H2,2-7H3. The average Bonchev–Trinajstić information content (AvgIpc) is 1.49. The van der Waals surface area contributed by atoms with Crippen LogP contribution in [0.1, 0.15) is 0 Å². The number of rotatable bonds is 3. The molecule has 0 aromatic rings. The van der Waals surface area contributed by atoms with Crippen molar-refractivity contribution in [2.45, 2.75) is 44.4 Å². The minimum absolute atomic E-state index is 0.421. The molecule has 0 spiro atoms. The minimum atomic E-state index is -1.27. The van der Waals surface area contributed by atoms with Crippen LogP contribution in [0.25, 0.3) is 0 Å². The molecule has 0 bridgehead atoms. The van der Waals surface area contributed by atoms with E-state index in [2.05, 4.69) is 45.9 Å². The van der Waals surface area contributed by atoms with Crippen LogP contribution in [-0.4, -0.2) is 21.3 Å². The van der Waals surface area contributed by atoms with E-state index in [0.29, 0.717) is 10.9 Å². The van der Waals surface area contributed by atoms with Gasteiger partial charge in [-0.2, -0.15) is 0 Å². The Morgan fingerprint density at radius 3 is 1.25 bits per heavy atom. The van der Waals surface area contributed by atoms with E-state index in [-0.39, 0.29) is 0 Å². The van der Waals surface area contributed by atoms with Gasteiger partial charge in [0.1, 0.15) is 0 Å². The summed E-state index contributed by atoms with van der Waals surface area (Å²) in [6.07, 6.45) is 0. The summed E-state index contributed by atoms with van der Waals surface area (Å²) in [5.74, 6) is 0.424. The number of aliphatic hydroxyl groups excluding tert-OH is 1. The third kappa shape index (κ3) is 3.15. The van der Waals surface area contributed by atoms with Gasteiger partial charge < -0.3 is 5.11 Å². The molecule has 12 heavy (non-hydrogen) atoms. The molecule has 0 aliphatic carbocycles. The molecule has 0 saturated carbocycles. The van der Waals surface area contributed by atoms with Crippen molar-refractivity contribution in [2.24, 2.45) is 0 Å². The third-order valence-electron chi connectivity index (χ3n) is 2.07. The second-order valence-corrected chi connectivity index (χ2v) is 16.9. The summed E-state index contributed by atoms with van der Waals surface area (Å²) in [6, 6.07) is 0. The molecule has 0 aliphatic heterocycles. The first-order chi connectivity index (χ1) is 5.07. The predicted molar refractivity (Wildman–Crippen MR) is 62.2 cm³/mol. The lowest BCUT2D eigenvalue weighted by Crippen LogP contribution is -2.44. The zero-order valence-corrected chi connectivity index (χ0v) is 11.2. The molecule has 0 aromatic heterocycles. The summed E-state index contributed by atoms with van der Waals surface area (Å²) in [5.41, 5.74) is 0. The summed E-state index contributed by atoms with van der Waals surface area (Å²) in [4.78, 5) is 0. The Hall–Kier alpha value is -0.0262. The first-order valence-electron chi connectivity index (χ1n) is 4.44. The second kappa shape index (κ2) is 3.38. The fourth-order valence-electron chi connectivity index (χ4n) is 2.30. The van der Waals surface area contributed by atoms with Crippen LogP contribution in [0.3, 0.4) is 0 Å². The van der Waals surface area contributed by atoms with Crippen LogP contribution in [0.4, 0.5) is 0 Å². The van der Waals surface area contributed by atoms with Crippen molar-refractivity contribution in [2.75, 3.05) is 0 Å². The molecular formula is C9H22OSi2. The van der Waals surface area contributed by atoms with E-state index in [1.54, 1.807) is 0 Å². The molecule has 0 saturated heterocycles. The first-order valence-corrected chi connectivity index (χ1v) is 11.6. The van der Waals surface area contributed by atoms with Gasteiger partial charge in [0, 0.05) is 5.16 Å². The van der Waals surface area contributed by atoms with Crippen molar-refractivity contribution in [3.8, 4) is 0 Å². The van der Waals surface area contributed by atoms with Crippen LogP contribution in [0.2, 0.25) is 44.4 Å². The van der Waals surface area contributed by atoms with Crippen LogP contribution in [0.15, 0.2) is 12.3 Å².